The number of aromatic amines is 5. The number of carbonyl (C=O) groups is 13. The number of aromatic nitrogens is 10. The zero-order valence-corrected chi connectivity index (χ0v) is 66.8. The van der Waals surface area contributed by atoms with E-state index >= 15 is 19.2 Å². The minimum atomic E-state index is -1.69. The fourth-order valence-electron chi connectivity index (χ4n) is 11.7. The van der Waals surface area contributed by atoms with E-state index < -0.39 is 192 Å². The molecule has 0 aliphatic heterocycles. The second kappa shape index (κ2) is 51.8. The highest BCUT2D eigenvalue weighted by Gasteiger charge is 2.38. The lowest BCUT2D eigenvalue weighted by molar-refractivity contribution is -0.141. The van der Waals surface area contributed by atoms with E-state index in [4.69, 9.17) is 67.2 Å². The lowest BCUT2D eigenvalue weighted by Crippen LogP contribution is -2.61. The Balaban J connectivity index is 1.48. The Hall–Kier alpha value is -14.2. The number of carboxylic acid groups (broad SMARTS) is 1. The van der Waals surface area contributed by atoms with Crippen LogP contribution in [0, 0.1) is 27.0 Å². The molecule has 41 N–H and O–H groups in total. The molecule has 53 heteroatoms. The average Bonchev–Trinajstić information content (AvgIpc) is 1.83. The van der Waals surface area contributed by atoms with Gasteiger partial charge in [-0.3, -0.25) is 84.6 Å². The Morgan fingerprint density at radius 3 is 0.711 bits per heavy atom. The number of nitrogens with two attached hydrogens (primary N) is 7. The van der Waals surface area contributed by atoms with Crippen molar-refractivity contribution in [2.75, 3.05) is 38.5 Å². The summed E-state index contributed by atoms with van der Waals surface area (Å²) in [5.74, 6) is -15.7. The molecule has 0 aliphatic carbocycles. The van der Waals surface area contributed by atoms with Crippen molar-refractivity contribution in [3.8, 4) is 0 Å². The van der Waals surface area contributed by atoms with Crippen molar-refractivity contribution in [2.24, 2.45) is 40.1 Å². The van der Waals surface area contributed by atoms with Crippen LogP contribution in [0.3, 0.4) is 0 Å². The standard InChI is InChI=1S/C68H110N38O14S/c69-39(6-1-13-86-64(71)72)52(108)96-44(11-12-51(70)107)57(113)100-42(9-4-16-89-67(77)78)55(111)98-40(7-2-14-87-65(73)74)53(109)97-41(8-3-15-88-66(75)76)54(110)99-43(10-5-17-90-68(79)80)56(112)101-45(18-34-23-81-29-91-34)58(114)102-46(19-35-24-82-30-92-35)59(115)103-47(20-36-25-83-31-93-36)60(116)104-48(21-37-26-84-32-94-37)61(117)105-49(22-38-27-85-33-95-38)62(118)106-50(28-121)63(119)120/h23-27,29-33,39-50,121H,1-22,28,69H2,(H2,70,107)(H,81,91)(H,82,92)(H,83,93)(H,84,94)(H,85,95)(H,96,108)(H,97,109)(H,98,111)(H,99,110)(H,100,113)(H,101,112)(H,102,114)(H,103,115)(H,104,116)(H,105,117)(H,106,118)(H,119,120)(H4,71,72,86)(H4,73,74,87)(H4,75,76,88)(H4,77,78,89)(H4,79,80,90)/t39-,40-,41-,42-,43-,44-,45-,46-,47-,48-,49-,50-/m0/s1. The van der Waals surface area contributed by atoms with Gasteiger partial charge in [0, 0.05) is 108 Å². The molecule has 0 aliphatic rings. The summed E-state index contributed by atoms with van der Waals surface area (Å²) in [7, 11) is 0. The molecule has 121 heavy (non-hydrogen) atoms. The number of amides is 12. The molecule has 12 atom stereocenters. The van der Waals surface area contributed by atoms with Gasteiger partial charge in [-0.1, -0.05) is 0 Å². The van der Waals surface area contributed by atoms with Crippen LogP contribution in [0.1, 0.15) is 106 Å². The predicted molar refractivity (Wildman–Crippen MR) is 436 cm³/mol. The summed E-state index contributed by atoms with van der Waals surface area (Å²) >= 11 is 4.04. The van der Waals surface area contributed by atoms with Crippen LogP contribution in [0.4, 0.5) is 0 Å². The normalized spacial score (nSPS) is 13.9. The van der Waals surface area contributed by atoms with Gasteiger partial charge in [-0.05, 0) is 70.6 Å². The first-order chi connectivity index (χ1) is 57.7. The molecule has 52 nitrogen and oxygen atoms in total. The summed E-state index contributed by atoms with van der Waals surface area (Å²) in [5.41, 5.74) is 40.3. The van der Waals surface area contributed by atoms with Crippen LogP contribution >= 0.6 is 12.6 Å². The summed E-state index contributed by atoms with van der Waals surface area (Å²) in [6.07, 6.45) is 10.3. The maximum atomic E-state index is 15.2. The van der Waals surface area contributed by atoms with Crippen LogP contribution in [0.15, 0.2) is 62.6 Å². The number of hydrogen-bond donors (Lipinski definition) is 35. The highest BCUT2D eigenvalue weighted by Crippen LogP contribution is 2.14. The molecule has 12 amide bonds. The van der Waals surface area contributed by atoms with Gasteiger partial charge in [0.2, 0.25) is 70.9 Å². The van der Waals surface area contributed by atoms with Gasteiger partial charge in [-0.2, -0.15) is 12.6 Å². The maximum Gasteiger partial charge on any atom is 0.327 e. The third-order valence-corrected chi connectivity index (χ3v) is 18.3. The first-order valence-corrected chi connectivity index (χ1v) is 38.8. The van der Waals surface area contributed by atoms with Gasteiger partial charge in [0.05, 0.1) is 66.1 Å². The smallest absolute Gasteiger partial charge is 0.327 e. The third kappa shape index (κ3) is 37.3. The van der Waals surface area contributed by atoms with Gasteiger partial charge in [-0.25, -0.2) is 29.7 Å². The molecule has 5 rings (SSSR count). The molecule has 5 heterocycles. The topological polar surface area (TPSA) is 879 Å². The van der Waals surface area contributed by atoms with Gasteiger partial charge in [0.15, 0.2) is 29.8 Å². The lowest BCUT2D eigenvalue weighted by atomic mass is 10.0. The van der Waals surface area contributed by atoms with E-state index in [1.807, 2.05) is 0 Å². The Bertz CT molecular complexity index is 4210. The van der Waals surface area contributed by atoms with E-state index in [1.54, 1.807) is 0 Å². The van der Waals surface area contributed by atoms with Crippen LogP contribution in [0.25, 0.3) is 0 Å². The van der Waals surface area contributed by atoms with E-state index in [0.717, 1.165) is 0 Å². The number of thiol groups is 1. The van der Waals surface area contributed by atoms with E-state index in [-0.39, 0.29) is 163 Å². The molecule has 0 aromatic carbocycles. The molecule has 0 bridgehead atoms. The van der Waals surface area contributed by atoms with Crippen LogP contribution in [-0.2, 0) is 94.4 Å². The Kier molecular flexibility index (Phi) is 41.7. The number of rotatable bonds is 57. The number of nitrogens with zero attached hydrogens (tertiary/aromatic N) is 5. The monoisotopic (exact) mass is 1710 g/mol. The summed E-state index contributed by atoms with van der Waals surface area (Å²) in [6.45, 7) is 0.0103. The molecule has 0 fully saturated rings. The van der Waals surface area contributed by atoms with Crippen LogP contribution in [0.2, 0.25) is 0 Å². The number of carboxylic acids is 1. The molecular formula is C68H110N38O14S. The maximum absolute atomic E-state index is 15.2. The van der Waals surface area contributed by atoms with E-state index in [2.05, 4.69) is 148 Å². The van der Waals surface area contributed by atoms with Crippen molar-refractivity contribution in [1.82, 2.24) is 135 Å². The van der Waals surface area contributed by atoms with Gasteiger partial charge >= 0.3 is 5.97 Å². The number of primary amides is 1. The number of hydrogen-bond acceptors (Lipinski definition) is 25. The molecule has 5 aromatic rings. The number of nitrogens with one attached hydrogen (secondary N) is 26. The van der Waals surface area contributed by atoms with Crippen molar-refractivity contribution in [3.63, 3.8) is 0 Å². The van der Waals surface area contributed by atoms with Crippen LogP contribution < -0.4 is 125 Å². The first kappa shape index (κ1) is 97.4. The Morgan fingerprint density at radius 2 is 0.512 bits per heavy atom. The lowest BCUT2D eigenvalue weighted by Gasteiger charge is -2.28. The van der Waals surface area contributed by atoms with Crippen molar-refractivity contribution < 1.29 is 67.4 Å². The quantitative estimate of drug-likeness (QED) is 0.00744. The average molecular weight is 1720 g/mol. The van der Waals surface area contributed by atoms with Crippen LogP contribution in [0.5, 0.6) is 0 Å². The molecule has 0 unspecified atom stereocenters. The van der Waals surface area contributed by atoms with Gasteiger partial charge in [-0.15, -0.1) is 0 Å². The first-order valence-electron chi connectivity index (χ1n) is 38.2. The summed E-state index contributed by atoms with van der Waals surface area (Å²) in [5, 5.41) is 89.5. The minimum absolute atomic E-state index is 0.000489. The number of guanidine groups is 5. The predicted octanol–water partition coefficient (Wildman–Crippen LogP) is -10.9. The summed E-state index contributed by atoms with van der Waals surface area (Å²) in [6, 6.07) is -18.7. The highest BCUT2D eigenvalue weighted by atomic mass is 32.1. The van der Waals surface area contributed by atoms with Crippen molar-refractivity contribution in [3.05, 3.63) is 91.1 Å². The van der Waals surface area contributed by atoms with Crippen molar-refractivity contribution in [2.45, 2.75) is 182 Å². The Labute approximate surface area is 697 Å². The Morgan fingerprint density at radius 1 is 0.314 bits per heavy atom. The number of aliphatic carboxylic acids is 1. The molecular weight excluding hydrogens is 1610 g/mol. The summed E-state index contributed by atoms with van der Waals surface area (Å²) < 4.78 is 0. The molecule has 0 radical (unpaired) electrons. The van der Waals surface area contributed by atoms with Crippen molar-refractivity contribution in [1.29, 1.82) is 27.0 Å². The third-order valence-electron chi connectivity index (χ3n) is 17.9. The SMILES string of the molecule is N=C(N)NCCC[C@H](NC(=O)[C@H](CCCNC(=N)N)NC(=O)[C@H](CCCNC(=N)N)NC(=O)[C@H](CCCNC(=N)N)NC(=O)[C@H](CCC(N)=O)NC(=O)[C@@H](N)CCCNC(=N)N)C(=O)N[C@@H](Cc1c[nH]cn1)C(=O)N[C@@H](Cc1c[nH]cn1)C(=O)N[C@@H](Cc1c[nH]cn1)C(=O)N[C@@H](Cc1c[nH]cn1)C(=O)N[C@@H](Cc1c[nH]cn1)C(=O)N[C@@H](CS)C(=O)O. The molecule has 5 aromatic heterocycles. The molecule has 0 spiro atoms. The second-order valence-electron chi connectivity index (χ2n) is 27.5. The molecule has 0 saturated heterocycles. The molecule has 0 saturated carbocycles. The van der Waals surface area contributed by atoms with Crippen LogP contribution in [-0.4, -0.2) is 273 Å². The zero-order chi connectivity index (χ0) is 88.9. The van der Waals surface area contributed by atoms with Gasteiger partial charge in [0.1, 0.15) is 66.5 Å². The van der Waals surface area contributed by atoms with E-state index in [9.17, 15) is 48.3 Å². The highest BCUT2D eigenvalue weighted by molar-refractivity contribution is 7.80. The fraction of sp³-hybridized carbons (Fsp3) is 0.515. The second-order valence-corrected chi connectivity index (χ2v) is 27.9. The van der Waals surface area contributed by atoms with Gasteiger partial charge < -0.3 is 155 Å². The summed E-state index contributed by atoms with van der Waals surface area (Å²) in [4.78, 5) is 220. The largest absolute Gasteiger partial charge is 0.480 e. The minimum Gasteiger partial charge on any atom is -0.480 e. The van der Waals surface area contributed by atoms with Gasteiger partial charge in [0.25, 0.3) is 0 Å². The van der Waals surface area contributed by atoms with E-state index in [0.29, 0.717) is 0 Å². The zero-order valence-electron chi connectivity index (χ0n) is 65.9. The number of imidazole rings is 5. The van der Waals surface area contributed by atoms with E-state index in [1.165, 1.54) is 62.6 Å². The fourth-order valence-corrected chi connectivity index (χ4v) is 12.0. The number of carbonyl (C=O) groups excluding carboxylic acids is 12. The van der Waals surface area contributed by atoms with Crippen molar-refractivity contribution >= 4 is 119 Å². The number of H-pyrrole nitrogens is 5. The molecule has 662 valence electrons.